The van der Waals surface area contributed by atoms with E-state index in [0.717, 1.165) is 12.0 Å². The van der Waals surface area contributed by atoms with E-state index in [9.17, 15) is 86.9 Å². The summed E-state index contributed by atoms with van der Waals surface area (Å²) in [6.07, 6.45) is -2.12. The maximum absolute atomic E-state index is 14.9. The first-order valence-corrected chi connectivity index (χ1v) is 41.1. The van der Waals surface area contributed by atoms with Gasteiger partial charge in [-0.2, -0.15) is 5.11 Å². The van der Waals surface area contributed by atoms with Gasteiger partial charge in [0.05, 0.1) is 50.1 Å². The van der Waals surface area contributed by atoms with Gasteiger partial charge in [0, 0.05) is 63.0 Å². The molecule has 0 aliphatic carbocycles. The Kier molecular flexibility index (Phi) is 41.7. The third kappa shape index (κ3) is 36.2. The number of carbonyl (C=O) groups excluding carboxylic acids is 14. The highest BCUT2D eigenvalue weighted by Crippen LogP contribution is 2.25. The fraction of sp³-hybridized carbons (Fsp3) is 0.420. The standard InChI is InChI=1S/C81H105N23O21S/c82-80(83)88-36-16-27-52-71(114)91-45-65(106)94-60(41-67(108)109)78(121)102-58(39-48-20-6-2-7-21-48)76(119)98-54(73(116)96-52)25-12-14-34-86-64(105)33-31-56(100-75(118)57(38-47-18-4-1-5-19-47)101-69(112)51-30-32-63(90-43-51)104-93-44-50-24-10-11-29-62(50)126-125-124-123)70(113)87-35-15-13-26-55-74(117)97-53(28-17-37-89-81(84)85)72(115)92-46-66(107)95-61(42-68(110)111)79(122)103-59(77(120)99-55)40-49-22-8-3-9-23-49/h1-11,18-24,29-30,32,43,52-61,123H,12-17,25-28,31,33-42,44-46H2,(H,86,105)(H,87,113)(H,91,114)(H,92,115)(H,94,106)(H,95,107)(H,96,116)(H,97,117)(H,98,119)(H,99,120)(H,100,118)(H,101,112)(H,102,121)(H,103,122)(H,108,109)(H,110,111)(H4,82,83,88)(H4,84,85,89)/t52?,53-,54-,55-,56?,57-,58+,59+,60-,61-/m0/s1. The number of rotatable bonds is 42. The molecule has 0 bridgehead atoms. The van der Waals surface area contributed by atoms with E-state index in [1.165, 1.54) is 18.3 Å². The number of hydrogen-bond donors (Lipinski definition) is 23. The van der Waals surface area contributed by atoms with E-state index in [1.54, 1.807) is 115 Å². The topological polar surface area (TPSA) is 682 Å². The van der Waals surface area contributed by atoms with E-state index in [1.807, 2.05) is 0 Å². The number of azo groups is 1. The Bertz CT molecular complexity index is 4620. The van der Waals surface area contributed by atoms with Crippen LogP contribution in [-0.4, -0.2) is 227 Å². The summed E-state index contributed by atoms with van der Waals surface area (Å²) in [4.78, 5) is 226. The van der Waals surface area contributed by atoms with Gasteiger partial charge in [-0.25, -0.2) is 10.2 Å². The number of guanidine groups is 2. The second kappa shape index (κ2) is 53.1. The Morgan fingerprint density at radius 1 is 0.476 bits per heavy atom. The van der Waals surface area contributed by atoms with E-state index in [0.29, 0.717) is 27.1 Å². The molecule has 10 atom stereocenters. The summed E-state index contributed by atoms with van der Waals surface area (Å²) < 4.78 is 4.57. The zero-order valence-corrected chi connectivity index (χ0v) is 69.4. The Balaban J connectivity index is 1.12. The van der Waals surface area contributed by atoms with Crippen molar-refractivity contribution in [1.29, 1.82) is 10.8 Å². The first kappa shape index (κ1) is 99.0. The molecule has 2 unspecified atom stereocenters. The molecule has 2 aliphatic heterocycles. The van der Waals surface area contributed by atoms with E-state index >= 15 is 0 Å². The van der Waals surface area contributed by atoms with Gasteiger partial charge in [0.15, 0.2) is 17.7 Å². The summed E-state index contributed by atoms with van der Waals surface area (Å²) in [7, 11) is 0. The van der Waals surface area contributed by atoms with Crippen molar-refractivity contribution in [3.05, 3.63) is 161 Å². The predicted octanol–water partition coefficient (Wildman–Crippen LogP) is -1.93. The minimum atomic E-state index is -1.75. The number of nitrogens with zero attached hydrogens (tertiary/aromatic N) is 3. The second-order valence-corrected chi connectivity index (χ2v) is 29.9. The highest BCUT2D eigenvalue weighted by molar-refractivity contribution is 7.94. The molecule has 44 nitrogen and oxygen atoms in total. The van der Waals surface area contributed by atoms with Gasteiger partial charge in [-0.1, -0.05) is 114 Å². The number of carboxylic acids is 2. The summed E-state index contributed by atoms with van der Waals surface area (Å²) in [5, 5.41) is 96.4. The molecule has 25 N–H and O–H groups in total. The lowest BCUT2D eigenvalue weighted by atomic mass is 10.0. The van der Waals surface area contributed by atoms with Crippen LogP contribution < -0.4 is 96.5 Å². The Hall–Kier alpha value is -14.1. The van der Waals surface area contributed by atoms with Gasteiger partial charge < -0.3 is 107 Å². The number of carbonyl (C=O) groups is 16. The molecular weight excluding hydrogens is 1660 g/mol. The largest absolute Gasteiger partial charge is 0.481 e. The number of nitrogens with two attached hydrogens (primary N) is 2. The summed E-state index contributed by atoms with van der Waals surface area (Å²) in [5.74, 6) is -16.3. The van der Waals surface area contributed by atoms with Gasteiger partial charge in [0.1, 0.15) is 60.4 Å². The van der Waals surface area contributed by atoms with E-state index in [2.05, 4.69) is 110 Å². The summed E-state index contributed by atoms with van der Waals surface area (Å²) >= 11 is 0.735. The number of benzene rings is 4. The van der Waals surface area contributed by atoms with Crippen molar-refractivity contribution in [2.75, 3.05) is 39.3 Å². The monoisotopic (exact) mass is 1770 g/mol. The Morgan fingerprint density at radius 3 is 1.37 bits per heavy atom. The van der Waals surface area contributed by atoms with Crippen molar-refractivity contribution < 1.29 is 102 Å². The average Bonchev–Trinajstić information content (AvgIpc) is 1.64. The van der Waals surface area contributed by atoms with Gasteiger partial charge in [-0.05, 0) is 111 Å². The SMILES string of the molecule is N=C(N)NCCCC1NC(=O)[C@H](CCCCNC(=O)CCC(NC(=O)[C@H](Cc2ccccc2)NC(=O)c2ccc(N=NCc3ccccc3SOOO)nc2)C(=O)NCCCC[C@@H]2NC(=O)[C@@H](Cc3ccccc3)NC(=O)[C@H](CC(=O)O)NC(=O)CNC(=O)[C@H](CCCNC(=N)N)NC2=O)NC(=O)[C@@H](Cc2ccccc2)NC(=O)[C@H](CC(=O)O)NC(=O)CNC1=O. The summed E-state index contributed by atoms with van der Waals surface area (Å²) in [5.41, 5.74) is 13.2. The minimum Gasteiger partial charge on any atom is -0.481 e. The third-order valence-electron chi connectivity index (χ3n) is 19.4. The molecule has 1 aromatic heterocycles. The smallest absolute Gasteiger partial charge is 0.305 e. The van der Waals surface area contributed by atoms with Crippen LogP contribution in [0.4, 0.5) is 5.82 Å². The van der Waals surface area contributed by atoms with E-state index < -0.39 is 194 Å². The normalized spacial score (nSPS) is 19.2. The molecule has 7 rings (SSSR count). The molecule has 2 saturated heterocycles. The van der Waals surface area contributed by atoms with Crippen molar-refractivity contribution in [2.45, 2.75) is 181 Å². The highest BCUT2D eigenvalue weighted by Gasteiger charge is 2.37. The zero-order chi connectivity index (χ0) is 91.3. The quantitative estimate of drug-likeness (QED) is 0.00385. The van der Waals surface area contributed by atoms with Crippen LogP contribution in [-0.2, 0) is 107 Å². The summed E-state index contributed by atoms with van der Waals surface area (Å²) in [6, 6.07) is 19.7. The number of hydrogen-bond acceptors (Lipinski definition) is 25. The molecule has 0 saturated carbocycles. The lowest BCUT2D eigenvalue weighted by Crippen LogP contribution is -2.58. The number of unbranched alkanes of at least 4 members (excludes halogenated alkanes) is 2. The fourth-order valence-corrected chi connectivity index (χ4v) is 13.4. The van der Waals surface area contributed by atoms with Crippen LogP contribution in [0, 0.1) is 10.8 Å². The maximum atomic E-state index is 14.9. The van der Waals surface area contributed by atoms with Crippen molar-refractivity contribution in [2.24, 2.45) is 21.7 Å². The van der Waals surface area contributed by atoms with Crippen LogP contribution in [0.5, 0.6) is 0 Å². The lowest BCUT2D eigenvalue weighted by molar-refractivity contribution is -0.432. The molecular formula is C81H105N23O21S. The Morgan fingerprint density at radius 2 is 0.905 bits per heavy atom. The number of amides is 14. The number of nitrogens with one attached hydrogen (secondary N) is 18. The number of aliphatic carboxylic acids is 2. The van der Waals surface area contributed by atoms with Crippen LogP contribution in [0.2, 0.25) is 0 Å². The van der Waals surface area contributed by atoms with Crippen molar-refractivity contribution in [3.8, 4) is 0 Å². The Labute approximate surface area is 727 Å². The molecule has 0 spiro atoms. The van der Waals surface area contributed by atoms with Gasteiger partial charge in [0.2, 0.25) is 76.8 Å². The van der Waals surface area contributed by atoms with Crippen molar-refractivity contribution in [3.63, 3.8) is 0 Å². The summed E-state index contributed by atoms with van der Waals surface area (Å²) in [6.45, 7) is -1.65. The average molecular weight is 1770 g/mol. The van der Waals surface area contributed by atoms with Crippen LogP contribution in [0.3, 0.4) is 0 Å². The van der Waals surface area contributed by atoms with Crippen LogP contribution in [0.1, 0.15) is 123 Å². The minimum absolute atomic E-state index is 0.0172. The van der Waals surface area contributed by atoms with Crippen LogP contribution in [0.25, 0.3) is 0 Å². The second-order valence-electron chi connectivity index (χ2n) is 29.2. The molecule has 126 heavy (non-hydrogen) atoms. The third-order valence-corrected chi connectivity index (χ3v) is 20.2. The lowest BCUT2D eigenvalue weighted by Gasteiger charge is -2.26. The van der Waals surface area contributed by atoms with Gasteiger partial charge in [-0.3, -0.25) is 87.5 Å². The molecule has 5 aromatic rings. The van der Waals surface area contributed by atoms with E-state index in [-0.39, 0.29) is 139 Å². The zero-order valence-electron chi connectivity index (χ0n) is 68.5. The van der Waals surface area contributed by atoms with Crippen molar-refractivity contribution in [1.82, 2.24) is 90.1 Å². The number of aromatic nitrogens is 1. The predicted molar refractivity (Wildman–Crippen MR) is 450 cm³/mol. The molecule has 4 aromatic carbocycles. The van der Waals surface area contributed by atoms with Crippen LogP contribution in [0.15, 0.2) is 149 Å². The molecule has 676 valence electrons. The molecule has 45 heteroatoms. The van der Waals surface area contributed by atoms with Crippen LogP contribution >= 0.6 is 12.0 Å². The molecule has 2 aliphatic rings. The van der Waals surface area contributed by atoms with E-state index in [4.69, 9.17) is 27.5 Å². The number of pyridine rings is 1. The maximum Gasteiger partial charge on any atom is 0.305 e. The first-order chi connectivity index (χ1) is 60.5. The molecule has 0 radical (unpaired) electrons. The first-order valence-electron chi connectivity index (χ1n) is 40.4. The van der Waals surface area contributed by atoms with Gasteiger partial charge in [0.25, 0.3) is 5.91 Å². The molecule has 3 heterocycles. The highest BCUT2D eigenvalue weighted by atomic mass is 32.2. The fourth-order valence-electron chi connectivity index (χ4n) is 13.0. The number of carboxylic acid groups (broad SMARTS) is 2. The molecule has 14 amide bonds. The van der Waals surface area contributed by atoms with Gasteiger partial charge >= 0.3 is 11.9 Å². The van der Waals surface area contributed by atoms with Gasteiger partial charge in [-0.15, -0.1) is 9.45 Å². The van der Waals surface area contributed by atoms with Crippen molar-refractivity contribution >= 4 is 124 Å². The molecule has 2 fully saturated rings.